The number of morpholine rings is 1. The zero-order chi connectivity index (χ0) is 15.1. The number of hydrogen-bond acceptors (Lipinski definition) is 5. The van der Waals surface area contributed by atoms with Crippen molar-refractivity contribution in [3.05, 3.63) is 22.3 Å². The predicted octanol–water partition coefficient (Wildman–Crippen LogP) is 3.16. The molecule has 118 valence electrons. The molecule has 0 amide bonds. The molecule has 3 heterocycles. The van der Waals surface area contributed by atoms with E-state index in [1.54, 1.807) is 11.3 Å². The van der Waals surface area contributed by atoms with Crippen molar-refractivity contribution >= 4 is 23.6 Å². The maximum Gasteiger partial charge on any atom is 0.199 e. The van der Waals surface area contributed by atoms with Crippen molar-refractivity contribution in [2.75, 3.05) is 19.7 Å². The van der Waals surface area contributed by atoms with Crippen LogP contribution in [-0.2, 0) is 11.4 Å². The highest BCUT2D eigenvalue weighted by Gasteiger charge is 2.29. The second kappa shape index (κ2) is 5.88. The summed E-state index contributed by atoms with van der Waals surface area (Å²) in [4.78, 5) is 3.57. The van der Waals surface area contributed by atoms with Gasteiger partial charge in [-0.05, 0) is 43.4 Å². The normalized spacial score (nSPS) is 23.0. The number of nitrogens with zero attached hydrogens (tertiary/aromatic N) is 4. The number of aromatic nitrogens is 3. The van der Waals surface area contributed by atoms with E-state index >= 15 is 0 Å². The van der Waals surface area contributed by atoms with E-state index in [-0.39, 0.29) is 6.10 Å². The van der Waals surface area contributed by atoms with E-state index in [0.29, 0.717) is 6.04 Å². The van der Waals surface area contributed by atoms with Gasteiger partial charge in [-0.3, -0.25) is 9.47 Å². The molecule has 1 atom stereocenters. The first kappa shape index (κ1) is 14.6. The van der Waals surface area contributed by atoms with Gasteiger partial charge in [0.15, 0.2) is 10.6 Å². The minimum absolute atomic E-state index is 0.283. The van der Waals surface area contributed by atoms with Crippen molar-refractivity contribution in [2.24, 2.45) is 0 Å². The fourth-order valence-corrected chi connectivity index (χ4v) is 4.00. The summed E-state index contributed by atoms with van der Waals surface area (Å²) in [6, 6.07) is 4.74. The molecule has 2 fully saturated rings. The lowest BCUT2D eigenvalue weighted by molar-refractivity contribution is -0.0307. The summed E-state index contributed by atoms with van der Waals surface area (Å²) >= 11 is 7.44. The van der Waals surface area contributed by atoms with Gasteiger partial charge in [0.05, 0.1) is 24.3 Å². The van der Waals surface area contributed by atoms with Gasteiger partial charge in [-0.25, -0.2) is 4.68 Å². The van der Waals surface area contributed by atoms with Crippen LogP contribution in [0.3, 0.4) is 0 Å². The summed E-state index contributed by atoms with van der Waals surface area (Å²) in [6.07, 6.45) is 2.71. The topological polar surface area (TPSA) is 35.2 Å². The average molecular weight is 336 g/mol. The molecule has 1 unspecified atom stereocenters. The third kappa shape index (κ3) is 2.78. The largest absolute Gasteiger partial charge is 0.376 e. The van der Waals surface area contributed by atoms with Gasteiger partial charge in [-0.2, -0.15) is 0 Å². The lowest BCUT2D eigenvalue weighted by Gasteiger charge is -2.30. The van der Waals surface area contributed by atoms with Crippen molar-refractivity contribution in [3.63, 3.8) is 0 Å². The molecular formula is C15H20N4OS2. The molecular weight excluding hydrogens is 316 g/mol. The summed E-state index contributed by atoms with van der Waals surface area (Å²) < 4.78 is 10.7. The Hall–Kier alpha value is -1.02. The average Bonchev–Trinajstić information content (AvgIpc) is 3.08. The first-order valence-electron chi connectivity index (χ1n) is 7.79. The quantitative estimate of drug-likeness (QED) is 0.804. The zero-order valence-corrected chi connectivity index (χ0v) is 14.3. The Morgan fingerprint density at radius 2 is 2.32 bits per heavy atom. The highest BCUT2D eigenvalue weighted by Crippen LogP contribution is 2.39. The molecule has 2 aromatic heterocycles. The fraction of sp³-hybridized carbons (Fsp3) is 0.600. The smallest absolute Gasteiger partial charge is 0.199 e. The van der Waals surface area contributed by atoms with Crippen molar-refractivity contribution in [2.45, 2.75) is 38.6 Å². The summed E-state index contributed by atoms with van der Waals surface area (Å²) in [7, 11) is 0. The highest BCUT2D eigenvalue weighted by atomic mass is 32.1. The third-order valence-electron chi connectivity index (χ3n) is 4.18. The van der Waals surface area contributed by atoms with E-state index in [9.17, 15) is 0 Å². The van der Waals surface area contributed by atoms with Gasteiger partial charge in [-0.15, -0.1) is 16.4 Å². The molecule has 1 aliphatic heterocycles. The van der Waals surface area contributed by atoms with Crippen molar-refractivity contribution in [1.82, 2.24) is 19.2 Å². The number of ether oxygens (including phenoxy) is 1. The maximum atomic E-state index is 5.71. The maximum absolute atomic E-state index is 5.71. The molecule has 5 nitrogen and oxygen atoms in total. The van der Waals surface area contributed by atoms with Gasteiger partial charge < -0.3 is 4.74 Å². The van der Waals surface area contributed by atoms with Crippen LogP contribution in [0.25, 0.3) is 10.7 Å². The molecule has 0 N–H and O–H groups in total. The Morgan fingerprint density at radius 3 is 3.00 bits per heavy atom. The number of hydrogen-bond donors (Lipinski definition) is 0. The van der Waals surface area contributed by atoms with E-state index < -0.39 is 0 Å². The molecule has 2 aliphatic rings. The van der Waals surface area contributed by atoms with E-state index in [1.165, 1.54) is 17.7 Å². The van der Waals surface area contributed by atoms with Crippen LogP contribution in [0.2, 0.25) is 0 Å². The molecule has 0 bridgehead atoms. The number of rotatable bonds is 4. The van der Waals surface area contributed by atoms with Gasteiger partial charge in [-0.1, -0.05) is 6.07 Å². The predicted molar refractivity (Wildman–Crippen MR) is 89.6 cm³/mol. The standard InChI is InChI=1S/C15H20N4OS2/c1-11-9-17(6-7-20-11)10-18-15(21)19(12-4-5-12)14(16-18)13-3-2-8-22-13/h2-3,8,11-12H,4-7,9-10H2,1H3. The van der Waals surface area contributed by atoms with Crippen molar-refractivity contribution in [3.8, 4) is 10.7 Å². The zero-order valence-electron chi connectivity index (χ0n) is 12.6. The molecule has 1 saturated carbocycles. The Labute approximate surface area is 139 Å². The minimum Gasteiger partial charge on any atom is -0.376 e. The summed E-state index contributed by atoms with van der Waals surface area (Å²) in [5, 5.41) is 6.93. The van der Waals surface area contributed by atoms with E-state index in [2.05, 4.69) is 33.9 Å². The monoisotopic (exact) mass is 336 g/mol. The van der Waals surface area contributed by atoms with E-state index in [4.69, 9.17) is 22.1 Å². The third-order valence-corrected chi connectivity index (χ3v) is 5.46. The van der Waals surface area contributed by atoms with Crippen LogP contribution in [-0.4, -0.2) is 45.0 Å². The second-order valence-corrected chi connectivity index (χ2v) is 7.40. The Morgan fingerprint density at radius 1 is 1.45 bits per heavy atom. The molecule has 0 spiro atoms. The second-order valence-electron chi connectivity index (χ2n) is 6.08. The molecule has 0 aromatic carbocycles. The van der Waals surface area contributed by atoms with Gasteiger partial charge in [0.25, 0.3) is 0 Å². The molecule has 2 aromatic rings. The molecule has 4 rings (SSSR count). The summed E-state index contributed by atoms with van der Waals surface area (Å²) in [5.74, 6) is 1.03. The molecule has 1 aliphatic carbocycles. The summed E-state index contributed by atoms with van der Waals surface area (Å²) in [6.45, 7) is 5.54. The SMILES string of the molecule is CC1CN(Cn2nc(-c3cccs3)n(C3CC3)c2=S)CCO1. The van der Waals surface area contributed by atoms with Gasteiger partial charge in [0, 0.05) is 19.1 Å². The van der Waals surface area contributed by atoms with Crippen LogP contribution in [0.5, 0.6) is 0 Å². The van der Waals surface area contributed by atoms with Crippen LogP contribution in [0, 0.1) is 4.77 Å². The molecule has 1 saturated heterocycles. The van der Waals surface area contributed by atoms with E-state index in [0.717, 1.165) is 37.0 Å². The fourth-order valence-electron chi connectivity index (χ4n) is 2.96. The van der Waals surface area contributed by atoms with Crippen LogP contribution in [0.15, 0.2) is 17.5 Å². The van der Waals surface area contributed by atoms with Crippen LogP contribution >= 0.6 is 23.6 Å². The Bertz CT molecular complexity index is 702. The Kier molecular flexibility index (Phi) is 3.89. The Balaban J connectivity index is 1.65. The first-order chi connectivity index (χ1) is 10.7. The van der Waals surface area contributed by atoms with Crippen LogP contribution in [0.1, 0.15) is 25.8 Å². The lowest BCUT2D eigenvalue weighted by atomic mass is 10.3. The minimum atomic E-state index is 0.283. The van der Waals surface area contributed by atoms with Crippen molar-refractivity contribution < 1.29 is 4.74 Å². The van der Waals surface area contributed by atoms with Crippen molar-refractivity contribution in [1.29, 1.82) is 0 Å². The first-order valence-corrected chi connectivity index (χ1v) is 9.08. The van der Waals surface area contributed by atoms with Crippen LogP contribution < -0.4 is 0 Å². The highest BCUT2D eigenvalue weighted by molar-refractivity contribution is 7.71. The molecule has 0 radical (unpaired) electrons. The lowest BCUT2D eigenvalue weighted by Crippen LogP contribution is -2.42. The van der Waals surface area contributed by atoms with E-state index in [1.807, 2.05) is 4.68 Å². The molecule has 22 heavy (non-hydrogen) atoms. The number of thiophene rings is 1. The van der Waals surface area contributed by atoms with Gasteiger partial charge in [0.1, 0.15) is 0 Å². The van der Waals surface area contributed by atoms with Gasteiger partial charge >= 0.3 is 0 Å². The van der Waals surface area contributed by atoms with Gasteiger partial charge in [0.2, 0.25) is 0 Å². The molecule has 7 heteroatoms. The van der Waals surface area contributed by atoms with Crippen LogP contribution in [0.4, 0.5) is 0 Å². The summed E-state index contributed by atoms with van der Waals surface area (Å²) in [5.41, 5.74) is 0.